The van der Waals surface area contributed by atoms with Crippen LogP contribution in [0.4, 0.5) is 5.69 Å². The molecule has 0 spiro atoms. The van der Waals surface area contributed by atoms with E-state index < -0.39 is 11.2 Å². The summed E-state index contributed by atoms with van der Waals surface area (Å²) in [6.45, 7) is 4.12. The zero-order chi connectivity index (χ0) is 13.3. The Morgan fingerprint density at radius 3 is 2.56 bits per heavy atom. The van der Waals surface area contributed by atoms with Gasteiger partial charge in [-0.25, -0.2) is 0 Å². The standard InChI is InChI=1S/C13H15NO3S/c1-8-4-3-5-9(2)12(8)14-6-10(13(16)17)18-7-11(14)15/h3-5,10H,6-7H2,1-2H3,(H,16,17). The number of nitrogens with zero attached hydrogens (tertiary/aromatic N) is 1. The maximum absolute atomic E-state index is 12.0. The fourth-order valence-corrected chi connectivity index (χ4v) is 3.06. The van der Waals surface area contributed by atoms with Crippen LogP contribution < -0.4 is 4.90 Å². The number of para-hydroxylation sites is 1. The Hall–Kier alpha value is -1.49. The molecule has 1 amide bonds. The predicted molar refractivity (Wildman–Crippen MR) is 72.2 cm³/mol. The highest BCUT2D eigenvalue weighted by atomic mass is 32.2. The quantitative estimate of drug-likeness (QED) is 0.886. The van der Waals surface area contributed by atoms with Crippen molar-refractivity contribution in [2.24, 2.45) is 0 Å². The fraction of sp³-hybridized carbons (Fsp3) is 0.385. The zero-order valence-electron chi connectivity index (χ0n) is 10.3. The van der Waals surface area contributed by atoms with Crippen molar-refractivity contribution in [2.75, 3.05) is 17.2 Å². The number of carboxylic acid groups (broad SMARTS) is 1. The minimum atomic E-state index is -0.858. The van der Waals surface area contributed by atoms with E-state index in [4.69, 9.17) is 5.11 Å². The molecular formula is C13H15NO3S. The van der Waals surface area contributed by atoms with Gasteiger partial charge in [0.15, 0.2) is 0 Å². The molecule has 2 rings (SSSR count). The average molecular weight is 265 g/mol. The van der Waals surface area contributed by atoms with Crippen LogP contribution in [0.5, 0.6) is 0 Å². The normalized spacial score (nSPS) is 20.0. The van der Waals surface area contributed by atoms with Crippen LogP contribution in [0.3, 0.4) is 0 Å². The van der Waals surface area contributed by atoms with Gasteiger partial charge < -0.3 is 10.0 Å². The van der Waals surface area contributed by atoms with Crippen LogP contribution in [0, 0.1) is 13.8 Å². The monoisotopic (exact) mass is 265 g/mol. The van der Waals surface area contributed by atoms with Crippen molar-refractivity contribution in [3.63, 3.8) is 0 Å². The molecular weight excluding hydrogens is 250 g/mol. The number of rotatable bonds is 2. The van der Waals surface area contributed by atoms with E-state index in [1.54, 1.807) is 4.90 Å². The van der Waals surface area contributed by atoms with E-state index in [-0.39, 0.29) is 18.2 Å². The number of amides is 1. The number of benzene rings is 1. The second-order valence-electron chi connectivity index (χ2n) is 4.38. The minimum absolute atomic E-state index is 0.0186. The lowest BCUT2D eigenvalue weighted by Crippen LogP contribution is -2.45. The highest BCUT2D eigenvalue weighted by Gasteiger charge is 2.32. The van der Waals surface area contributed by atoms with Crippen molar-refractivity contribution < 1.29 is 14.7 Å². The molecule has 0 aliphatic carbocycles. The number of carboxylic acids is 1. The van der Waals surface area contributed by atoms with Gasteiger partial charge in [0, 0.05) is 12.2 Å². The largest absolute Gasteiger partial charge is 0.480 e. The Bertz CT molecular complexity index is 481. The van der Waals surface area contributed by atoms with E-state index in [0.29, 0.717) is 0 Å². The number of aliphatic carboxylic acids is 1. The second kappa shape index (κ2) is 5.02. The SMILES string of the molecule is Cc1cccc(C)c1N1CC(C(=O)O)SCC1=O. The molecule has 0 radical (unpaired) electrons. The van der Waals surface area contributed by atoms with Crippen molar-refractivity contribution in [3.8, 4) is 0 Å². The molecule has 1 saturated heterocycles. The summed E-state index contributed by atoms with van der Waals surface area (Å²) in [6, 6.07) is 5.81. The summed E-state index contributed by atoms with van der Waals surface area (Å²) < 4.78 is 0. The third kappa shape index (κ3) is 2.36. The fourth-order valence-electron chi connectivity index (χ4n) is 2.17. The predicted octanol–water partition coefficient (Wildman–Crippen LogP) is 1.84. The van der Waals surface area contributed by atoms with Gasteiger partial charge >= 0.3 is 5.97 Å². The van der Waals surface area contributed by atoms with Gasteiger partial charge in [-0.1, -0.05) is 18.2 Å². The Morgan fingerprint density at radius 2 is 2.00 bits per heavy atom. The van der Waals surface area contributed by atoms with Gasteiger partial charge in [0.05, 0.1) is 5.75 Å². The number of thioether (sulfide) groups is 1. The summed E-state index contributed by atoms with van der Waals surface area (Å²) in [5, 5.41) is 8.53. The third-order valence-corrected chi connectivity index (χ3v) is 4.21. The van der Waals surface area contributed by atoms with Crippen molar-refractivity contribution >= 4 is 29.3 Å². The first kappa shape index (κ1) is 13.0. The first-order valence-corrected chi connectivity index (χ1v) is 6.76. The van der Waals surface area contributed by atoms with Crippen LogP contribution in [0.15, 0.2) is 18.2 Å². The van der Waals surface area contributed by atoms with Crippen molar-refractivity contribution in [1.82, 2.24) is 0 Å². The molecule has 4 nitrogen and oxygen atoms in total. The lowest BCUT2D eigenvalue weighted by atomic mass is 10.1. The molecule has 1 unspecified atom stereocenters. The van der Waals surface area contributed by atoms with Crippen molar-refractivity contribution in [1.29, 1.82) is 0 Å². The molecule has 18 heavy (non-hydrogen) atoms. The number of carbonyl (C=O) groups is 2. The summed E-state index contributed by atoms with van der Waals surface area (Å²) in [5.41, 5.74) is 2.85. The Labute approximate surface area is 110 Å². The van der Waals surface area contributed by atoms with Crippen LogP contribution in [-0.2, 0) is 9.59 Å². The van der Waals surface area contributed by atoms with Crippen LogP contribution in [0.25, 0.3) is 0 Å². The Kier molecular flexibility index (Phi) is 3.61. The van der Waals surface area contributed by atoms with E-state index >= 15 is 0 Å². The summed E-state index contributed by atoms with van der Waals surface area (Å²) in [7, 11) is 0. The van der Waals surface area contributed by atoms with E-state index in [0.717, 1.165) is 16.8 Å². The van der Waals surface area contributed by atoms with Crippen LogP contribution in [0.1, 0.15) is 11.1 Å². The molecule has 96 valence electrons. The lowest BCUT2D eigenvalue weighted by Gasteiger charge is -2.32. The van der Waals surface area contributed by atoms with Crippen LogP contribution >= 0.6 is 11.8 Å². The van der Waals surface area contributed by atoms with E-state index in [1.807, 2.05) is 32.0 Å². The van der Waals surface area contributed by atoms with E-state index in [1.165, 1.54) is 11.8 Å². The molecule has 1 atom stereocenters. The molecule has 1 aromatic rings. The van der Waals surface area contributed by atoms with Gasteiger partial charge in [-0.2, -0.15) is 0 Å². The Balaban J connectivity index is 2.36. The lowest BCUT2D eigenvalue weighted by molar-refractivity contribution is -0.136. The molecule has 0 aromatic heterocycles. The van der Waals surface area contributed by atoms with Gasteiger partial charge in [-0.3, -0.25) is 9.59 Å². The van der Waals surface area contributed by atoms with Gasteiger partial charge in [0.2, 0.25) is 5.91 Å². The summed E-state index contributed by atoms with van der Waals surface area (Å²) >= 11 is 1.20. The maximum atomic E-state index is 12.0. The molecule has 1 N–H and O–H groups in total. The van der Waals surface area contributed by atoms with E-state index in [2.05, 4.69) is 0 Å². The van der Waals surface area contributed by atoms with Gasteiger partial charge in [0.1, 0.15) is 5.25 Å². The number of aryl methyl sites for hydroxylation is 2. The number of carbonyl (C=O) groups excluding carboxylic acids is 1. The zero-order valence-corrected chi connectivity index (χ0v) is 11.2. The number of hydrogen-bond donors (Lipinski definition) is 1. The van der Waals surface area contributed by atoms with Gasteiger partial charge in [-0.05, 0) is 25.0 Å². The van der Waals surface area contributed by atoms with Crippen molar-refractivity contribution in [3.05, 3.63) is 29.3 Å². The first-order chi connectivity index (χ1) is 8.50. The highest BCUT2D eigenvalue weighted by molar-refractivity contribution is 8.01. The maximum Gasteiger partial charge on any atom is 0.318 e. The molecule has 1 fully saturated rings. The smallest absolute Gasteiger partial charge is 0.318 e. The molecule has 1 heterocycles. The Morgan fingerprint density at radius 1 is 1.39 bits per heavy atom. The third-order valence-electron chi connectivity index (χ3n) is 3.04. The minimum Gasteiger partial charge on any atom is -0.480 e. The van der Waals surface area contributed by atoms with Crippen LogP contribution in [-0.4, -0.2) is 34.5 Å². The average Bonchev–Trinajstić information content (AvgIpc) is 2.30. The molecule has 0 saturated carbocycles. The molecule has 0 bridgehead atoms. The van der Waals surface area contributed by atoms with Gasteiger partial charge in [0.25, 0.3) is 0 Å². The summed E-state index contributed by atoms with van der Waals surface area (Å²) in [5.74, 6) is -0.649. The molecule has 5 heteroatoms. The van der Waals surface area contributed by atoms with Crippen molar-refractivity contribution in [2.45, 2.75) is 19.1 Å². The second-order valence-corrected chi connectivity index (χ2v) is 5.57. The molecule has 1 aliphatic rings. The molecule has 1 aliphatic heterocycles. The summed E-state index contributed by atoms with van der Waals surface area (Å²) in [4.78, 5) is 24.6. The highest BCUT2D eigenvalue weighted by Crippen LogP contribution is 2.30. The van der Waals surface area contributed by atoms with E-state index in [9.17, 15) is 9.59 Å². The summed E-state index contributed by atoms with van der Waals surface area (Å²) in [6.07, 6.45) is 0. The van der Waals surface area contributed by atoms with Gasteiger partial charge in [-0.15, -0.1) is 11.8 Å². The number of hydrogen-bond acceptors (Lipinski definition) is 3. The number of anilines is 1. The van der Waals surface area contributed by atoms with Crippen LogP contribution in [0.2, 0.25) is 0 Å². The first-order valence-electron chi connectivity index (χ1n) is 5.71. The topological polar surface area (TPSA) is 57.6 Å². The molecule has 1 aromatic carbocycles.